The number of hydrogen-bond donors (Lipinski definition) is 2. The van der Waals surface area contributed by atoms with E-state index in [-0.39, 0.29) is 6.61 Å². The van der Waals surface area contributed by atoms with Crippen molar-refractivity contribution in [2.24, 2.45) is 0 Å². The van der Waals surface area contributed by atoms with E-state index >= 15 is 0 Å². The van der Waals surface area contributed by atoms with Gasteiger partial charge in [0.1, 0.15) is 6.10 Å². The topological polar surface area (TPSA) is 61.5 Å². The molecule has 0 amide bonds. The summed E-state index contributed by atoms with van der Waals surface area (Å²) in [5.41, 5.74) is 1.72. The number of aromatic nitrogens is 2. The number of aryl methyl sites for hydroxylation is 1. The van der Waals surface area contributed by atoms with Crippen LogP contribution in [0, 0.1) is 0 Å². The number of nitrogens with zero attached hydrogens (tertiary/aromatic N) is 3. The summed E-state index contributed by atoms with van der Waals surface area (Å²) in [5.74, 6) is 1.15. The second-order valence-electron chi connectivity index (χ2n) is 5.53. The molecule has 1 atom stereocenters. The van der Waals surface area contributed by atoms with Gasteiger partial charge in [0.15, 0.2) is 0 Å². The van der Waals surface area contributed by atoms with Gasteiger partial charge < -0.3 is 10.2 Å². The van der Waals surface area contributed by atoms with Crippen LogP contribution in [0.25, 0.3) is 0 Å². The van der Waals surface area contributed by atoms with E-state index in [1.807, 2.05) is 22.5 Å². The van der Waals surface area contributed by atoms with E-state index in [9.17, 15) is 5.11 Å². The minimum absolute atomic E-state index is 0.273. The van der Waals surface area contributed by atoms with Crippen molar-refractivity contribution >= 4 is 11.8 Å². The number of thioether (sulfide) groups is 1. The van der Waals surface area contributed by atoms with Crippen LogP contribution in [0.15, 0.2) is 6.07 Å². The van der Waals surface area contributed by atoms with Crippen molar-refractivity contribution < 1.29 is 10.2 Å². The van der Waals surface area contributed by atoms with Crippen molar-refractivity contribution in [2.75, 3.05) is 25.4 Å². The summed E-state index contributed by atoms with van der Waals surface area (Å²) >= 11 is 1.99. The predicted molar refractivity (Wildman–Crippen MR) is 81.8 cm³/mol. The molecule has 114 valence electrons. The average Bonchev–Trinajstić information content (AvgIpc) is 2.71. The lowest BCUT2D eigenvalue weighted by Gasteiger charge is -2.19. The summed E-state index contributed by atoms with van der Waals surface area (Å²) in [6, 6.07) is 1.93. The highest BCUT2D eigenvalue weighted by Crippen LogP contribution is 2.18. The fraction of sp³-hybridized carbons (Fsp3) is 0.786. The molecule has 2 N–H and O–H groups in total. The van der Waals surface area contributed by atoms with Crippen LogP contribution in [0.3, 0.4) is 0 Å². The first-order valence-electron chi connectivity index (χ1n) is 7.29. The molecule has 0 saturated heterocycles. The highest BCUT2D eigenvalue weighted by atomic mass is 32.2. The van der Waals surface area contributed by atoms with Crippen molar-refractivity contribution in [2.45, 2.75) is 44.7 Å². The molecule has 0 spiro atoms. The van der Waals surface area contributed by atoms with Crippen LogP contribution in [0.2, 0.25) is 0 Å². The third-order valence-electron chi connectivity index (χ3n) is 3.49. The number of fused-ring (bicyclic) bond motifs is 1. The van der Waals surface area contributed by atoms with Gasteiger partial charge in [-0.15, -0.1) is 0 Å². The lowest BCUT2D eigenvalue weighted by molar-refractivity contribution is 0.0916. The first-order valence-corrected chi connectivity index (χ1v) is 8.34. The Morgan fingerprint density at radius 1 is 1.40 bits per heavy atom. The largest absolute Gasteiger partial charge is 0.393 e. The molecule has 0 aliphatic carbocycles. The van der Waals surface area contributed by atoms with Gasteiger partial charge in [-0.25, -0.2) is 0 Å². The highest BCUT2D eigenvalue weighted by molar-refractivity contribution is 7.99. The van der Waals surface area contributed by atoms with Gasteiger partial charge in [-0.3, -0.25) is 9.58 Å². The van der Waals surface area contributed by atoms with Gasteiger partial charge in [0.25, 0.3) is 0 Å². The van der Waals surface area contributed by atoms with E-state index in [0.29, 0.717) is 10.9 Å². The van der Waals surface area contributed by atoms with Gasteiger partial charge in [-0.05, 0) is 17.7 Å². The van der Waals surface area contributed by atoms with E-state index in [0.717, 1.165) is 44.0 Å². The monoisotopic (exact) mass is 299 g/mol. The molecule has 0 bridgehead atoms. The first kappa shape index (κ1) is 15.8. The quantitative estimate of drug-likeness (QED) is 0.828. The van der Waals surface area contributed by atoms with Crippen molar-refractivity contribution in [1.29, 1.82) is 0 Å². The molecule has 1 aliphatic heterocycles. The van der Waals surface area contributed by atoms with Gasteiger partial charge in [-0.1, -0.05) is 13.8 Å². The summed E-state index contributed by atoms with van der Waals surface area (Å²) in [5, 5.41) is 23.8. The van der Waals surface area contributed by atoms with Crippen LogP contribution in [-0.4, -0.2) is 55.6 Å². The van der Waals surface area contributed by atoms with Crippen LogP contribution < -0.4 is 0 Å². The van der Waals surface area contributed by atoms with E-state index in [1.165, 1.54) is 0 Å². The minimum Gasteiger partial charge on any atom is -0.393 e. The van der Waals surface area contributed by atoms with Crippen LogP contribution in [0.4, 0.5) is 0 Å². The zero-order valence-corrected chi connectivity index (χ0v) is 13.1. The zero-order chi connectivity index (χ0) is 14.5. The molecule has 0 saturated carbocycles. The van der Waals surface area contributed by atoms with Crippen LogP contribution in [-0.2, 0) is 13.1 Å². The van der Waals surface area contributed by atoms with Gasteiger partial charge in [0.05, 0.1) is 18.0 Å². The fourth-order valence-corrected chi connectivity index (χ4v) is 3.25. The summed E-state index contributed by atoms with van der Waals surface area (Å²) in [7, 11) is 0. The maximum absolute atomic E-state index is 9.67. The average molecular weight is 299 g/mol. The van der Waals surface area contributed by atoms with Crippen molar-refractivity contribution in [3.8, 4) is 0 Å². The molecule has 1 aliphatic rings. The Balaban J connectivity index is 1.96. The minimum atomic E-state index is -0.862. The Morgan fingerprint density at radius 2 is 2.20 bits per heavy atom. The highest BCUT2D eigenvalue weighted by Gasteiger charge is 2.19. The van der Waals surface area contributed by atoms with Gasteiger partial charge in [0, 0.05) is 31.9 Å². The lowest BCUT2D eigenvalue weighted by atomic mass is 10.2. The Hall–Kier alpha value is -0.560. The molecule has 5 nitrogen and oxygen atoms in total. The second-order valence-corrected chi connectivity index (χ2v) is 7.22. The molecule has 1 aromatic heterocycles. The second kappa shape index (κ2) is 7.45. The Kier molecular flexibility index (Phi) is 5.89. The lowest BCUT2D eigenvalue weighted by Crippen LogP contribution is -2.26. The summed E-state index contributed by atoms with van der Waals surface area (Å²) in [6.45, 7) is 8.14. The van der Waals surface area contributed by atoms with Crippen molar-refractivity contribution in [1.82, 2.24) is 14.7 Å². The molecule has 2 rings (SSSR count). The molecule has 0 radical (unpaired) electrons. The van der Waals surface area contributed by atoms with Crippen LogP contribution in [0.1, 0.15) is 37.8 Å². The molecular weight excluding hydrogens is 274 g/mol. The molecular formula is C14H25N3O2S. The standard InChI is InChI=1S/C14H25N3O2S/c1-11(2)20-7-6-16-4-3-5-17-12(9-16)8-13(15-17)14(19)10-18/h8,11,14,18-19H,3-7,9-10H2,1-2H3/t14-/m0/s1. The third kappa shape index (κ3) is 4.22. The molecule has 0 fully saturated rings. The van der Waals surface area contributed by atoms with Crippen LogP contribution >= 0.6 is 11.8 Å². The number of aliphatic hydroxyl groups excluding tert-OH is 2. The smallest absolute Gasteiger partial charge is 0.121 e. The van der Waals surface area contributed by atoms with Gasteiger partial charge in [0.2, 0.25) is 0 Å². The fourth-order valence-electron chi connectivity index (χ4n) is 2.42. The summed E-state index contributed by atoms with van der Waals surface area (Å²) < 4.78 is 1.98. The molecule has 2 heterocycles. The number of rotatable bonds is 6. The maximum Gasteiger partial charge on any atom is 0.121 e. The normalized spacial score (nSPS) is 18.1. The Bertz CT molecular complexity index is 423. The zero-order valence-electron chi connectivity index (χ0n) is 12.3. The third-order valence-corrected chi connectivity index (χ3v) is 4.57. The maximum atomic E-state index is 9.67. The van der Waals surface area contributed by atoms with Crippen LogP contribution in [0.5, 0.6) is 0 Å². The summed E-state index contributed by atoms with van der Waals surface area (Å²) in [6.07, 6.45) is 0.217. The molecule has 20 heavy (non-hydrogen) atoms. The van der Waals surface area contributed by atoms with Gasteiger partial charge >= 0.3 is 0 Å². The predicted octanol–water partition coefficient (Wildman–Crippen LogP) is 1.26. The van der Waals surface area contributed by atoms with Crippen molar-refractivity contribution in [3.05, 3.63) is 17.5 Å². The van der Waals surface area contributed by atoms with Gasteiger partial charge in [-0.2, -0.15) is 16.9 Å². The van der Waals surface area contributed by atoms with E-state index < -0.39 is 6.10 Å². The van der Waals surface area contributed by atoms with E-state index in [2.05, 4.69) is 23.8 Å². The molecule has 6 heteroatoms. The Morgan fingerprint density at radius 3 is 2.90 bits per heavy atom. The van der Waals surface area contributed by atoms with E-state index in [4.69, 9.17) is 5.11 Å². The number of hydrogen-bond acceptors (Lipinski definition) is 5. The summed E-state index contributed by atoms with van der Waals surface area (Å²) in [4.78, 5) is 2.45. The van der Waals surface area contributed by atoms with E-state index in [1.54, 1.807) is 0 Å². The molecule has 0 aromatic carbocycles. The SMILES string of the molecule is CC(C)SCCN1CCCn2nc([C@@H](O)CO)cc2C1. The number of aliphatic hydroxyl groups is 2. The Labute approximate surface area is 125 Å². The molecule has 0 unspecified atom stereocenters. The van der Waals surface area contributed by atoms with Crippen molar-refractivity contribution in [3.63, 3.8) is 0 Å². The molecule has 1 aromatic rings. The first-order chi connectivity index (χ1) is 9.60.